The molecule has 6 nitrogen and oxygen atoms in total. The zero-order valence-electron chi connectivity index (χ0n) is 11.3. The van der Waals surface area contributed by atoms with E-state index in [0.717, 1.165) is 6.54 Å². The lowest BCUT2D eigenvalue weighted by atomic mass is 10.0. The summed E-state index contributed by atoms with van der Waals surface area (Å²) in [5, 5.41) is 3.18. The van der Waals surface area contributed by atoms with E-state index in [0.29, 0.717) is 17.8 Å². The Labute approximate surface area is 108 Å². The maximum absolute atomic E-state index is 11.0. The van der Waals surface area contributed by atoms with E-state index in [2.05, 4.69) is 34.0 Å². The standard InChI is InChI=1S/C12H21N5O/c1-8(2)10(17(3)4)6-15-11-7-14-5-9(16-11)12(13)18/h5,7-8,10H,6H2,1-4H3,(H2,13,18)(H,15,16). The second-order valence-electron chi connectivity index (χ2n) is 4.81. The molecule has 0 aliphatic rings. The zero-order valence-corrected chi connectivity index (χ0v) is 11.3. The van der Waals surface area contributed by atoms with Gasteiger partial charge >= 0.3 is 0 Å². The fourth-order valence-electron chi connectivity index (χ4n) is 1.79. The number of hydrogen-bond donors (Lipinski definition) is 2. The highest BCUT2D eigenvalue weighted by atomic mass is 16.1. The average Bonchev–Trinajstić information content (AvgIpc) is 2.28. The highest BCUT2D eigenvalue weighted by molar-refractivity contribution is 5.90. The molecule has 0 aromatic carbocycles. The van der Waals surface area contributed by atoms with Crippen molar-refractivity contribution in [2.45, 2.75) is 19.9 Å². The molecule has 1 heterocycles. The monoisotopic (exact) mass is 251 g/mol. The molecule has 6 heteroatoms. The molecule has 1 unspecified atom stereocenters. The third-order valence-electron chi connectivity index (χ3n) is 2.81. The van der Waals surface area contributed by atoms with Crippen LogP contribution in [0.15, 0.2) is 12.4 Å². The highest BCUT2D eigenvalue weighted by Crippen LogP contribution is 2.09. The molecule has 0 bridgehead atoms. The molecule has 3 N–H and O–H groups in total. The molecule has 100 valence electrons. The van der Waals surface area contributed by atoms with Crippen LogP contribution < -0.4 is 11.1 Å². The molecule has 1 aromatic heterocycles. The van der Waals surface area contributed by atoms with E-state index in [9.17, 15) is 4.79 Å². The second kappa shape index (κ2) is 6.30. The van der Waals surface area contributed by atoms with Crippen LogP contribution in [0.3, 0.4) is 0 Å². The SMILES string of the molecule is CC(C)C(CNc1cncc(C(N)=O)n1)N(C)C. The van der Waals surface area contributed by atoms with Gasteiger partial charge in [-0.3, -0.25) is 9.78 Å². The zero-order chi connectivity index (χ0) is 13.7. The lowest BCUT2D eigenvalue weighted by molar-refractivity contribution is 0.0995. The van der Waals surface area contributed by atoms with Crippen molar-refractivity contribution in [1.29, 1.82) is 0 Å². The van der Waals surface area contributed by atoms with E-state index in [1.165, 1.54) is 6.20 Å². The molecular weight excluding hydrogens is 230 g/mol. The largest absolute Gasteiger partial charge is 0.367 e. The Kier molecular flexibility index (Phi) is 5.03. The molecule has 0 fully saturated rings. The summed E-state index contributed by atoms with van der Waals surface area (Å²) in [6.45, 7) is 5.07. The lowest BCUT2D eigenvalue weighted by Crippen LogP contribution is -2.38. The molecule has 1 amide bonds. The maximum Gasteiger partial charge on any atom is 0.268 e. The molecule has 1 aromatic rings. The number of nitrogens with zero attached hydrogens (tertiary/aromatic N) is 3. The number of carbonyl (C=O) groups is 1. The molecule has 0 saturated heterocycles. The van der Waals surface area contributed by atoms with Gasteiger partial charge in [-0.1, -0.05) is 13.8 Å². The van der Waals surface area contributed by atoms with E-state index < -0.39 is 5.91 Å². The van der Waals surface area contributed by atoms with Gasteiger partial charge in [-0.2, -0.15) is 0 Å². The van der Waals surface area contributed by atoms with Crippen molar-refractivity contribution in [3.8, 4) is 0 Å². The molecule has 1 atom stereocenters. The number of nitrogens with one attached hydrogen (secondary N) is 1. The number of anilines is 1. The van der Waals surface area contributed by atoms with Crippen molar-refractivity contribution in [3.05, 3.63) is 18.1 Å². The molecule has 0 radical (unpaired) electrons. The number of aromatic nitrogens is 2. The predicted molar refractivity (Wildman–Crippen MR) is 71.4 cm³/mol. The van der Waals surface area contributed by atoms with Crippen molar-refractivity contribution in [2.75, 3.05) is 26.0 Å². The van der Waals surface area contributed by atoms with Gasteiger partial charge in [-0.15, -0.1) is 0 Å². The van der Waals surface area contributed by atoms with Crippen LogP contribution in [0.2, 0.25) is 0 Å². The summed E-state index contributed by atoms with van der Waals surface area (Å²) in [6, 6.07) is 0.379. The first-order valence-electron chi connectivity index (χ1n) is 5.94. The molecule has 0 saturated carbocycles. The van der Waals surface area contributed by atoms with Gasteiger partial charge in [0, 0.05) is 12.6 Å². The highest BCUT2D eigenvalue weighted by Gasteiger charge is 2.15. The number of primary amides is 1. The van der Waals surface area contributed by atoms with Crippen LogP contribution in [0.1, 0.15) is 24.3 Å². The van der Waals surface area contributed by atoms with E-state index in [4.69, 9.17) is 5.73 Å². The van der Waals surface area contributed by atoms with Gasteiger partial charge in [0.25, 0.3) is 5.91 Å². The summed E-state index contributed by atoms with van der Waals surface area (Å²) in [6.07, 6.45) is 2.94. The summed E-state index contributed by atoms with van der Waals surface area (Å²) >= 11 is 0. The van der Waals surface area contributed by atoms with Crippen LogP contribution in [0.4, 0.5) is 5.82 Å². The number of likely N-dealkylation sites (N-methyl/N-ethyl adjacent to an activating group) is 1. The minimum absolute atomic E-state index is 0.172. The fraction of sp³-hybridized carbons (Fsp3) is 0.583. The first-order chi connectivity index (χ1) is 8.41. The third-order valence-corrected chi connectivity index (χ3v) is 2.81. The van der Waals surface area contributed by atoms with Crippen molar-refractivity contribution in [1.82, 2.24) is 14.9 Å². The van der Waals surface area contributed by atoms with Crippen molar-refractivity contribution >= 4 is 11.7 Å². The van der Waals surface area contributed by atoms with E-state index in [1.807, 2.05) is 14.1 Å². The minimum Gasteiger partial charge on any atom is -0.367 e. The van der Waals surface area contributed by atoms with Crippen LogP contribution in [-0.2, 0) is 0 Å². The van der Waals surface area contributed by atoms with Crippen LogP contribution in [0, 0.1) is 5.92 Å². The minimum atomic E-state index is -0.570. The number of rotatable bonds is 6. The Balaban J connectivity index is 2.67. The Morgan fingerprint density at radius 3 is 2.61 bits per heavy atom. The number of amides is 1. The Morgan fingerprint density at radius 2 is 2.11 bits per heavy atom. The number of carbonyl (C=O) groups excluding carboxylic acids is 1. The number of hydrogen-bond acceptors (Lipinski definition) is 5. The predicted octanol–water partition coefficient (Wildman–Crippen LogP) is 0.574. The molecule has 0 spiro atoms. The quantitative estimate of drug-likeness (QED) is 0.772. The van der Waals surface area contributed by atoms with Crippen LogP contribution in [0.5, 0.6) is 0 Å². The third kappa shape index (κ3) is 3.96. The van der Waals surface area contributed by atoms with Gasteiger partial charge in [0.15, 0.2) is 0 Å². The van der Waals surface area contributed by atoms with Gasteiger partial charge in [-0.05, 0) is 20.0 Å². The topological polar surface area (TPSA) is 84.1 Å². The smallest absolute Gasteiger partial charge is 0.268 e. The molecule has 0 aliphatic carbocycles. The fourth-order valence-corrected chi connectivity index (χ4v) is 1.79. The summed E-state index contributed by atoms with van der Waals surface area (Å²) in [5.41, 5.74) is 5.33. The van der Waals surface area contributed by atoms with Crippen molar-refractivity contribution in [3.63, 3.8) is 0 Å². The van der Waals surface area contributed by atoms with Gasteiger partial charge in [0.2, 0.25) is 0 Å². The second-order valence-corrected chi connectivity index (χ2v) is 4.81. The van der Waals surface area contributed by atoms with Gasteiger partial charge < -0.3 is 16.0 Å². The van der Waals surface area contributed by atoms with Gasteiger partial charge in [0.05, 0.1) is 12.4 Å². The van der Waals surface area contributed by atoms with E-state index >= 15 is 0 Å². The van der Waals surface area contributed by atoms with E-state index in [1.54, 1.807) is 6.20 Å². The van der Waals surface area contributed by atoms with Gasteiger partial charge in [-0.25, -0.2) is 4.98 Å². The van der Waals surface area contributed by atoms with Crippen LogP contribution in [0.25, 0.3) is 0 Å². The van der Waals surface area contributed by atoms with Gasteiger partial charge in [0.1, 0.15) is 11.5 Å². The molecule has 0 aliphatic heterocycles. The number of nitrogens with two attached hydrogens (primary N) is 1. The molecular formula is C12H21N5O. The Hall–Kier alpha value is -1.69. The van der Waals surface area contributed by atoms with Crippen LogP contribution in [-0.4, -0.2) is 47.5 Å². The van der Waals surface area contributed by atoms with E-state index in [-0.39, 0.29) is 5.69 Å². The Morgan fingerprint density at radius 1 is 1.44 bits per heavy atom. The normalized spacial score (nSPS) is 12.8. The summed E-state index contributed by atoms with van der Waals surface area (Å²) in [5.74, 6) is 0.512. The lowest BCUT2D eigenvalue weighted by Gasteiger charge is -2.28. The molecule has 1 rings (SSSR count). The van der Waals surface area contributed by atoms with Crippen LogP contribution >= 0.6 is 0 Å². The summed E-state index contributed by atoms with van der Waals surface area (Å²) in [4.78, 5) is 21.2. The maximum atomic E-state index is 11.0. The van der Waals surface area contributed by atoms with Crippen molar-refractivity contribution < 1.29 is 4.79 Å². The first kappa shape index (κ1) is 14.4. The van der Waals surface area contributed by atoms with Crippen molar-refractivity contribution in [2.24, 2.45) is 11.7 Å². The summed E-state index contributed by atoms with van der Waals surface area (Å²) in [7, 11) is 4.08. The first-order valence-corrected chi connectivity index (χ1v) is 5.94. The molecule has 18 heavy (non-hydrogen) atoms. The average molecular weight is 251 g/mol. The summed E-state index contributed by atoms with van der Waals surface area (Å²) < 4.78 is 0. The Bertz CT molecular complexity index is 397.